The van der Waals surface area contributed by atoms with Gasteiger partial charge in [0.15, 0.2) is 17.2 Å². The van der Waals surface area contributed by atoms with Gasteiger partial charge < -0.3 is 9.73 Å². The lowest BCUT2D eigenvalue weighted by Gasteiger charge is -2.19. The Hall–Kier alpha value is -2.70. The zero-order chi connectivity index (χ0) is 15.9. The van der Waals surface area contributed by atoms with Crippen LogP contribution in [0.3, 0.4) is 0 Å². The van der Waals surface area contributed by atoms with Crippen LogP contribution >= 0.6 is 0 Å². The van der Waals surface area contributed by atoms with E-state index in [1.165, 1.54) is 25.3 Å². The van der Waals surface area contributed by atoms with Crippen molar-refractivity contribution in [2.24, 2.45) is 0 Å². The van der Waals surface area contributed by atoms with Crippen LogP contribution in [0.15, 0.2) is 41.0 Å². The van der Waals surface area contributed by atoms with Gasteiger partial charge >= 0.3 is 6.03 Å². The minimum Gasteiger partial charge on any atom is -0.466 e. The number of halogens is 2. The summed E-state index contributed by atoms with van der Waals surface area (Å²) in [5.74, 6) is -2.42. The van der Waals surface area contributed by atoms with Gasteiger partial charge in [-0.1, -0.05) is 12.1 Å². The van der Waals surface area contributed by atoms with Gasteiger partial charge in [-0.3, -0.25) is 9.69 Å². The van der Waals surface area contributed by atoms with Crippen molar-refractivity contribution < 1.29 is 22.8 Å². The van der Waals surface area contributed by atoms with E-state index in [9.17, 15) is 18.4 Å². The summed E-state index contributed by atoms with van der Waals surface area (Å²) in [4.78, 5) is 25.4. The van der Waals surface area contributed by atoms with Gasteiger partial charge in [-0.2, -0.15) is 0 Å². The number of furan rings is 1. The van der Waals surface area contributed by atoms with Crippen molar-refractivity contribution in [1.29, 1.82) is 0 Å². The lowest BCUT2D eigenvalue weighted by Crippen LogP contribution is -2.40. The van der Waals surface area contributed by atoms with Crippen LogP contribution in [0.2, 0.25) is 0 Å². The third kappa shape index (κ3) is 2.05. The highest BCUT2D eigenvalue weighted by Gasteiger charge is 2.51. The maximum atomic E-state index is 13.7. The molecule has 0 unspecified atom stereocenters. The van der Waals surface area contributed by atoms with Gasteiger partial charge in [-0.15, -0.1) is 0 Å². The molecule has 1 aliphatic rings. The Labute approximate surface area is 124 Å². The van der Waals surface area contributed by atoms with Crippen molar-refractivity contribution >= 4 is 11.9 Å². The van der Waals surface area contributed by atoms with Crippen LogP contribution in [-0.2, 0) is 16.9 Å². The summed E-state index contributed by atoms with van der Waals surface area (Å²) in [5, 5.41) is 2.51. The molecule has 2 aromatic rings. The second-order valence-electron chi connectivity index (χ2n) is 5.14. The number of rotatable bonds is 3. The largest absolute Gasteiger partial charge is 0.466 e. The topological polar surface area (TPSA) is 62.6 Å². The van der Waals surface area contributed by atoms with Gasteiger partial charge in [0.2, 0.25) is 0 Å². The number of amides is 3. The summed E-state index contributed by atoms with van der Waals surface area (Å²) >= 11 is 0. The fraction of sp³-hybridized carbons (Fsp3) is 0.200. The third-order valence-electron chi connectivity index (χ3n) is 3.65. The lowest BCUT2D eigenvalue weighted by atomic mass is 9.99. The van der Waals surface area contributed by atoms with Crippen LogP contribution in [0.4, 0.5) is 13.6 Å². The summed E-state index contributed by atoms with van der Waals surface area (Å²) in [5.41, 5.74) is -1.43. The Kier molecular flexibility index (Phi) is 3.20. The summed E-state index contributed by atoms with van der Waals surface area (Å²) in [6, 6.07) is 6.07. The van der Waals surface area contributed by atoms with E-state index in [2.05, 4.69) is 5.32 Å². The first kappa shape index (κ1) is 14.2. The van der Waals surface area contributed by atoms with E-state index in [0.717, 1.165) is 11.0 Å². The highest BCUT2D eigenvalue weighted by Crippen LogP contribution is 2.30. The number of hydrogen-bond acceptors (Lipinski definition) is 3. The molecule has 2 heterocycles. The molecule has 5 nitrogen and oxygen atoms in total. The molecule has 1 fully saturated rings. The first-order chi connectivity index (χ1) is 10.4. The molecule has 0 radical (unpaired) electrons. The molecule has 3 amide bonds. The van der Waals surface area contributed by atoms with Crippen LogP contribution in [-0.4, -0.2) is 16.8 Å². The van der Waals surface area contributed by atoms with Gasteiger partial charge in [-0.25, -0.2) is 13.6 Å². The van der Waals surface area contributed by atoms with E-state index < -0.39 is 29.1 Å². The Balaban J connectivity index is 1.91. The molecule has 3 rings (SSSR count). The Morgan fingerprint density at radius 1 is 1.23 bits per heavy atom. The predicted octanol–water partition coefficient (Wildman–Crippen LogP) is 2.53. The fourth-order valence-corrected chi connectivity index (χ4v) is 2.41. The van der Waals surface area contributed by atoms with E-state index in [1.54, 1.807) is 12.1 Å². The van der Waals surface area contributed by atoms with E-state index in [-0.39, 0.29) is 17.9 Å². The molecule has 0 saturated carbocycles. The molecule has 1 saturated heterocycles. The van der Waals surface area contributed by atoms with Crippen molar-refractivity contribution in [2.75, 3.05) is 0 Å². The Bertz CT molecular complexity index is 745. The Morgan fingerprint density at radius 3 is 2.68 bits per heavy atom. The van der Waals surface area contributed by atoms with Crippen LogP contribution in [0.1, 0.15) is 18.2 Å². The number of benzene rings is 1. The molecule has 1 aliphatic heterocycles. The minimum absolute atomic E-state index is 0.0767. The van der Waals surface area contributed by atoms with Gasteiger partial charge in [0.05, 0.1) is 12.8 Å². The van der Waals surface area contributed by atoms with Gasteiger partial charge in [0.25, 0.3) is 5.91 Å². The molecule has 1 aromatic carbocycles. The zero-order valence-corrected chi connectivity index (χ0v) is 11.6. The van der Waals surface area contributed by atoms with Gasteiger partial charge in [0.1, 0.15) is 5.76 Å². The average Bonchev–Trinajstić information content (AvgIpc) is 3.08. The van der Waals surface area contributed by atoms with Crippen LogP contribution < -0.4 is 5.32 Å². The van der Waals surface area contributed by atoms with Crippen LogP contribution in [0.5, 0.6) is 0 Å². The van der Waals surface area contributed by atoms with Crippen molar-refractivity contribution in [2.45, 2.75) is 19.0 Å². The molecule has 0 spiro atoms. The Morgan fingerprint density at radius 2 is 2.00 bits per heavy atom. The number of carbonyl (C=O) groups excluding carboxylic acids is 2. The third-order valence-corrected chi connectivity index (χ3v) is 3.65. The van der Waals surface area contributed by atoms with Crippen molar-refractivity contribution in [3.8, 4) is 0 Å². The van der Waals surface area contributed by atoms with E-state index in [4.69, 9.17) is 4.42 Å². The second-order valence-corrected chi connectivity index (χ2v) is 5.14. The molecular formula is C15H12F2N2O3. The predicted molar refractivity (Wildman–Crippen MR) is 71.5 cm³/mol. The molecule has 114 valence electrons. The second kappa shape index (κ2) is 4.94. The van der Waals surface area contributed by atoms with Gasteiger partial charge in [0, 0.05) is 5.56 Å². The van der Waals surface area contributed by atoms with Crippen molar-refractivity contribution in [3.63, 3.8) is 0 Å². The number of urea groups is 1. The first-order valence-electron chi connectivity index (χ1n) is 6.54. The average molecular weight is 306 g/mol. The monoisotopic (exact) mass is 306 g/mol. The first-order valence-corrected chi connectivity index (χ1v) is 6.54. The SMILES string of the molecule is C[C@]1(c2ccco2)NC(=O)N(Cc2cccc(F)c2F)C1=O. The van der Waals surface area contributed by atoms with E-state index >= 15 is 0 Å². The molecule has 1 atom stereocenters. The molecule has 1 N–H and O–H groups in total. The quantitative estimate of drug-likeness (QED) is 0.886. The smallest absolute Gasteiger partial charge is 0.325 e. The summed E-state index contributed by atoms with van der Waals surface area (Å²) in [6.07, 6.45) is 1.38. The van der Waals surface area contributed by atoms with E-state index in [0.29, 0.717) is 0 Å². The molecular weight excluding hydrogens is 294 g/mol. The normalized spacial score (nSPS) is 21.3. The summed E-state index contributed by atoms with van der Waals surface area (Å²) in [7, 11) is 0. The maximum Gasteiger partial charge on any atom is 0.325 e. The van der Waals surface area contributed by atoms with Gasteiger partial charge in [-0.05, 0) is 25.1 Å². The van der Waals surface area contributed by atoms with Crippen LogP contribution in [0, 0.1) is 11.6 Å². The van der Waals surface area contributed by atoms with Crippen molar-refractivity contribution in [1.82, 2.24) is 10.2 Å². The zero-order valence-electron chi connectivity index (χ0n) is 11.6. The number of nitrogens with one attached hydrogen (secondary N) is 1. The van der Waals surface area contributed by atoms with E-state index in [1.807, 2.05) is 0 Å². The number of carbonyl (C=O) groups is 2. The highest BCUT2D eigenvalue weighted by atomic mass is 19.2. The highest BCUT2D eigenvalue weighted by molar-refractivity contribution is 6.06. The molecule has 0 bridgehead atoms. The number of imide groups is 1. The fourth-order valence-electron chi connectivity index (χ4n) is 2.41. The lowest BCUT2D eigenvalue weighted by molar-refractivity contribution is -0.132. The molecule has 7 heteroatoms. The van der Waals surface area contributed by atoms with Crippen LogP contribution in [0.25, 0.3) is 0 Å². The maximum absolute atomic E-state index is 13.7. The molecule has 22 heavy (non-hydrogen) atoms. The standard InChI is InChI=1S/C15H12F2N2O3/c1-15(11-6-3-7-22-11)13(20)19(14(21)18-15)8-9-4-2-5-10(16)12(9)17/h2-7H,8H2,1H3,(H,18,21)/t15-/m1/s1. The number of nitrogens with zero attached hydrogens (tertiary/aromatic N) is 1. The summed E-state index contributed by atoms with van der Waals surface area (Å²) < 4.78 is 32.1. The van der Waals surface area contributed by atoms with Crippen molar-refractivity contribution in [3.05, 3.63) is 59.6 Å². The minimum atomic E-state index is -1.36. The molecule has 1 aromatic heterocycles. The number of hydrogen-bond donors (Lipinski definition) is 1. The molecule has 0 aliphatic carbocycles. The summed E-state index contributed by atoms with van der Waals surface area (Å²) in [6.45, 7) is 1.14.